The van der Waals surface area contributed by atoms with E-state index < -0.39 is 17.4 Å². The lowest BCUT2D eigenvalue weighted by molar-refractivity contribution is 0.403. The molecule has 0 bridgehead atoms. The molecule has 0 amide bonds. The van der Waals surface area contributed by atoms with E-state index in [0.29, 0.717) is 5.69 Å². The van der Waals surface area contributed by atoms with Crippen molar-refractivity contribution in [2.75, 3.05) is 5.73 Å². The molecule has 5 nitrogen and oxygen atoms in total. The van der Waals surface area contributed by atoms with Crippen LogP contribution < -0.4 is 5.73 Å². The van der Waals surface area contributed by atoms with Crippen LogP contribution in [-0.4, -0.2) is 21.0 Å². The van der Waals surface area contributed by atoms with Crippen LogP contribution in [0.2, 0.25) is 0 Å². The number of anilines is 1. The third-order valence-corrected chi connectivity index (χ3v) is 2.92. The van der Waals surface area contributed by atoms with Crippen LogP contribution in [0.4, 0.5) is 14.7 Å². The minimum atomic E-state index is -1.34. The van der Waals surface area contributed by atoms with Gasteiger partial charge in [-0.25, -0.2) is 14.1 Å². The first-order chi connectivity index (χ1) is 8.90. The molecule has 100 valence electrons. The highest BCUT2D eigenvalue weighted by atomic mass is 79.9. The van der Waals surface area contributed by atoms with Gasteiger partial charge in [-0.1, -0.05) is 0 Å². The Morgan fingerprint density at radius 3 is 2.74 bits per heavy atom. The predicted molar refractivity (Wildman–Crippen MR) is 70.1 cm³/mol. The zero-order valence-corrected chi connectivity index (χ0v) is 11.3. The van der Waals surface area contributed by atoms with E-state index >= 15 is 0 Å². The van der Waals surface area contributed by atoms with Crippen molar-refractivity contribution >= 4 is 28.1 Å². The molecule has 0 saturated carbocycles. The third kappa shape index (κ3) is 2.58. The van der Waals surface area contributed by atoms with Crippen molar-refractivity contribution in [1.82, 2.24) is 9.66 Å². The number of aromatic hydroxyl groups is 1. The van der Waals surface area contributed by atoms with Crippen LogP contribution in [0.3, 0.4) is 0 Å². The fourth-order valence-electron chi connectivity index (χ4n) is 1.42. The molecule has 0 aliphatic heterocycles. The Hall–Kier alpha value is -1.96. The van der Waals surface area contributed by atoms with Gasteiger partial charge in [0.05, 0.1) is 22.6 Å². The summed E-state index contributed by atoms with van der Waals surface area (Å²) in [5.41, 5.74) is 6.06. The molecule has 1 aromatic carbocycles. The number of rotatable bonds is 2. The summed E-state index contributed by atoms with van der Waals surface area (Å²) in [5.74, 6) is -3.19. The number of imidazole rings is 1. The normalized spacial score (nSPS) is 11.4. The lowest BCUT2D eigenvalue weighted by Gasteiger charge is -2.03. The van der Waals surface area contributed by atoms with Gasteiger partial charge in [-0.3, -0.25) is 0 Å². The van der Waals surface area contributed by atoms with Gasteiger partial charge < -0.3 is 10.8 Å². The zero-order valence-electron chi connectivity index (χ0n) is 9.73. The topological polar surface area (TPSA) is 76.4 Å². The summed E-state index contributed by atoms with van der Waals surface area (Å²) >= 11 is 2.91. The smallest absolute Gasteiger partial charge is 0.221 e. The van der Waals surface area contributed by atoms with Crippen LogP contribution in [0.5, 0.6) is 5.75 Å². The Kier molecular flexibility index (Phi) is 3.52. The third-order valence-electron chi connectivity index (χ3n) is 2.32. The standard InChI is InChI=1S/C11H9BrF2N4O/c1-5-4-18(11(15)17-5)16-3-6-2-7(12)10(19)9(14)8(6)13/h2-4,19H,1H3,(H2,15,17). The molecule has 0 aliphatic rings. The largest absolute Gasteiger partial charge is 0.504 e. The lowest BCUT2D eigenvalue weighted by Crippen LogP contribution is -1.99. The van der Waals surface area contributed by atoms with Gasteiger partial charge in [-0.15, -0.1) is 0 Å². The van der Waals surface area contributed by atoms with Crippen molar-refractivity contribution in [3.05, 3.63) is 39.6 Å². The van der Waals surface area contributed by atoms with Crippen molar-refractivity contribution in [3.63, 3.8) is 0 Å². The first kappa shape index (κ1) is 13.5. The number of hydrogen-bond donors (Lipinski definition) is 2. The number of phenols is 1. The first-order valence-corrected chi connectivity index (χ1v) is 5.91. The van der Waals surface area contributed by atoms with E-state index in [0.717, 1.165) is 6.21 Å². The van der Waals surface area contributed by atoms with Crippen LogP contribution >= 0.6 is 15.9 Å². The van der Waals surface area contributed by atoms with Gasteiger partial charge in [0, 0.05) is 5.56 Å². The van der Waals surface area contributed by atoms with E-state index in [1.165, 1.54) is 16.9 Å². The molecule has 0 atom stereocenters. The Morgan fingerprint density at radius 1 is 1.47 bits per heavy atom. The maximum Gasteiger partial charge on any atom is 0.221 e. The number of aryl methyl sites for hydroxylation is 1. The second kappa shape index (κ2) is 4.96. The van der Waals surface area contributed by atoms with E-state index in [1.54, 1.807) is 6.92 Å². The summed E-state index contributed by atoms with van der Waals surface area (Å²) < 4.78 is 28.1. The van der Waals surface area contributed by atoms with E-state index in [4.69, 9.17) is 5.73 Å². The quantitative estimate of drug-likeness (QED) is 0.655. The highest BCUT2D eigenvalue weighted by Crippen LogP contribution is 2.30. The van der Waals surface area contributed by atoms with Crippen LogP contribution in [-0.2, 0) is 0 Å². The van der Waals surface area contributed by atoms with Gasteiger partial charge in [0.1, 0.15) is 0 Å². The van der Waals surface area contributed by atoms with E-state index in [-0.39, 0.29) is 16.0 Å². The molecule has 1 aromatic heterocycles. The van der Waals surface area contributed by atoms with Gasteiger partial charge >= 0.3 is 0 Å². The second-order valence-corrected chi connectivity index (χ2v) is 4.61. The van der Waals surface area contributed by atoms with Gasteiger partial charge in [-0.05, 0) is 28.9 Å². The van der Waals surface area contributed by atoms with Crippen LogP contribution in [0.25, 0.3) is 0 Å². The summed E-state index contributed by atoms with van der Waals surface area (Å²) in [6.07, 6.45) is 2.62. The van der Waals surface area contributed by atoms with E-state index in [2.05, 4.69) is 26.0 Å². The Bertz CT molecular complexity index is 669. The first-order valence-electron chi connectivity index (χ1n) is 5.12. The number of phenolic OH excluding ortho intramolecular Hbond substituents is 1. The van der Waals surface area contributed by atoms with Gasteiger partial charge in [-0.2, -0.15) is 9.49 Å². The van der Waals surface area contributed by atoms with Crippen molar-refractivity contribution < 1.29 is 13.9 Å². The molecular formula is C11H9BrF2N4O. The molecule has 8 heteroatoms. The van der Waals surface area contributed by atoms with Gasteiger partial charge in [0.2, 0.25) is 11.8 Å². The summed E-state index contributed by atoms with van der Waals surface area (Å²) in [4.78, 5) is 3.90. The number of nitrogens with zero attached hydrogens (tertiary/aromatic N) is 3. The molecular weight excluding hydrogens is 322 g/mol. The van der Waals surface area contributed by atoms with Crippen LogP contribution in [0.15, 0.2) is 21.8 Å². The van der Waals surface area contributed by atoms with Gasteiger partial charge in [0.25, 0.3) is 0 Å². The molecule has 0 fully saturated rings. The molecule has 0 saturated heterocycles. The molecule has 1 heterocycles. The lowest BCUT2D eigenvalue weighted by atomic mass is 10.2. The molecule has 2 rings (SSSR count). The number of aromatic nitrogens is 2. The number of nitrogen functional groups attached to an aromatic ring is 1. The predicted octanol–water partition coefficient (Wildman–Crippen LogP) is 2.40. The highest BCUT2D eigenvalue weighted by molar-refractivity contribution is 9.10. The average molecular weight is 331 g/mol. The molecule has 0 unspecified atom stereocenters. The number of halogens is 3. The molecule has 19 heavy (non-hydrogen) atoms. The fraction of sp³-hybridized carbons (Fsp3) is 0.0909. The van der Waals surface area contributed by atoms with Crippen molar-refractivity contribution in [2.24, 2.45) is 5.10 Å². The summed E-state index contributed by atoms with van der Waals surface area (Å²) in [7, 11) is 0. The number of benzene rings is 1. The van der Waals surface area contributed by atoms with Crippen molar-refractivity contribution in [2.45, 2.75) is 6.92 Å². The molecule has 0 aliphatic carbocycles. The second-order valence-electron chi connectivity index (χ2n) is 3.75. The highest BCUT2D eigenvalue weighted by Gasteiger charge is 2.15. The van der Waals surface area contributed by atoms with E-state index in [9.17, 15) is 13.9 Å². The Balaban J connectivity index is 2.42. The number of hydrogen-bond acceptors (Lipinski definition) is 4. The minimum Gasteiger partial charge on any atom is -0.504 e. The fourth-order valence-corrected chi connectivity index (χ4v) is 1.84. The Labute approximate surface area is 115 Å². The monoisotopic (exact) mass is 330 g/mol. The molecule has 0 spiro atoms. The van der Waals surface area contributed by atoms with E-state index in [1.807, 2.05) is 0 Å². The van der Waals surface area contributed by atoms with Gasteiger partial charge in [0.15, 0.2) is 11.6 Å². The van der Waals surface area contributed by atoms with Crippen LogP contribution in [0, 0.1) is 18.6 Å². The van der Waals surface area contributed by atoms with Crippen molar-refractivity contribution in [3.8, 4) is 5.75 Å². The van der Waals surface area contributed by atoms with Crippen LogP contribution in [0.1, 0.15) is 11.3 Å². The zero-order chi connectivity index (χ0) is 14.2. The summed E-state index contributed by atoms with van der Waals surface area (Å²) in [6, 6.07) is 1.21. The summed E-state index contributed by atoms with van der Waals surface area (Å²) in [5, 5.41) is 13.1. The molecule has 0 radical (unpaired) electrons. The van der Waals surface area contributed by atoms with Crippen molar-refractivity contribution in [1.29, 1.82) is 0 Å². The average Bonchev–Trinajstić information content (AvgIpc) is 2.68. The SMILES string of the molecule is Cc1cn(N=Cc2cc(Br)c(O)c(F)c2F)c(N)n1. The molecule has 2 aromatic rings. The molecule has 3 N–H and O–H groups in total. The maximum atomic E-state index is 13.5. The minimum absolute atomic E-state index is 0.0302. The maximum absolute atomic E-state index is 13.5. The summed E-state index contributed by atoms with van der Waals surface area (Å²) in [6.45, 7) is 1.72. The Morgan fingerprint density at radius 2 is 2.16 bits per heavy atom. The number of nitrogens with two attached hydrogens (primary N) is 1.